The maximum Gasteiger partial charge on any atom is 0.308 e. The van der Waals surface area contributed by atoms with E-state index in [4.69, 9.17) is 9.72 Å². The molecule has 1 aromatic heterocycles. The van der Waals surface area contributed by atoms with Crippen LogP contribution >= 0.6 is 0 Å². The van der Waals surface area contributed by atoms with E-state index in [2.05, 4.69) is 34.8 Å². The smallest absolute Gasteiger partial charge is 0.308 e. The number of nitrogens with one attached hydrogen (secondary N) is 1. The van der Waals surface area contributed by atoms with Crippen molar-refractivity contribution in [1.29, 1.82) is 0 Å². The van der Waals surface area contributed by atoms with Crippen LogP contribution in [0, 0.1) is 5.82 Å². The third kappa shape index (κ3) is 5.86. The average Bonchev–Trinajstić information content (AvgIpc) is 3.28. The number of para-hydroxylation sites is 1. The van der Waals surface area contributed by atoms with Crippen molar-refractivity contribution in [2.75, 3.05) is 5.32 Å². The van der Waals surface area contributed by atoms with Crippen LogP contribution in [-0.2, 0) is 16.1 Å². The van der Waals surface area contributed by atoms with Crippen LogP contribution in [0.2, 0.25) is 0 Å². The summed E-state index contributed by atoms with van der Waals surface area (Å²) in [5.41, 5.74) is 3.63. The number of ether oxygens (including phenoxy) is 1. The number of hydrogen-bond donors (Lipinski definition) is 2. The Labute approximate surface area is 222 Å². The predicted molar refractivity (Wildman–Crippen MR) is 145 cm³/mol. The summed E-state index contributed by atoms with van der Waals surface area (Å²) < 4.78 is 21.6. The minimum Gasteiger partial charge on any atom is -0.462 e. The number of esters is 1. The highest BCUT2D eigenvalue weighted by molar-refractivity contribution is 5.97. The van der Waals surface area contributed by atoms with Gasteiger partial charge in [-0.05, 0) is 36.4 Å². The van der Waals surface area contributed by atoms with Gasteiger partial charge in [0, 0.05) is 55.1 Å². The third-order valence-electron chi connectivity index (χ3n) is 6.96. The number of aliphatic hydroxyl groups excluding tert-OH is 1. The summed E-state index contributed by atoms with van der Waals surface area (Å²) in [7, 11) is 0. The van der Waals surface area contributed by atoms with Gasteiger partial charge in [-0.3, -0.25) is 4.79 Å². The third-order valence-corrected chi connectivity index (χ3v) is 6.96. The molecule has 0 saturated carbocycles. The van der Waals surface area contributed by atoms with Gasteiger partial charge in [-0.25, -0.2) is 14.4 Å². The number of aromatic nitrogens is 2. The zero-order chi connectivity index (χ0) is 26.6. The van der Waals surface area contributed by atoms with E-state index in [9.17, 15) is 14.3 Å². The largest absolute Gasteiger partial charge is 0.462 e. The molecule has 1 saturated heterocycles. The zero-order valence-electron chi connectivity index (χ0n) is 21.7. The van der Waals surface area contributed by atoms with E-state index < -0.39 is 6.10 Å². The number of cyclic esters (lactones) is 1. The quantitative estimate of drug-likeness (QED) is 0.389. The number of hydrogen-bond acceptors (Lipinski definition) is 6. The van der Waals surface area contributed by atoms with Gasteiger partial charge in [0.25, 0.3) is 0 Å². The number of amidine groups is 1. The molecule has 0 aliphatic carbocycles. The summed E-state index contributed by atoms with van der Waals surface area (Å²) in [4.78, 5) is 21.6. The topological polar surface area (TPSA) is 88.7 Å². The van der Waals surface area contributed by atoms with Gasteiger partial charge in [0.05, 0.1) is 23.9 Å². The Balaban J connectivity index is 1.50. The molecule has 1 fully saturated rings. The molecule has 5 rings (SSSR count). The fourth-order valence-corrected chi connectivity index (χ4v) is 5.19. The Kier molecular flexibility index (Phi) is 7.69. The van der Waals surface area contributed by atoms with Crippen LogP contribution in [0.1, 0.15) is 62.9 Å². The van der Waals surface area contributed by atoms with Crippen molar-refractivity contribution in [3.8, 4) is 11.3 Å². The molecule has 3 aromatic rings. The number of anilines is 1. The van der Waals surface area contributed by atoms with Crippen molar-refractivity contribution in [3.63, 3.8) is 0 Å². The van der Waals surface area contributed by atoms with Crippen molar-refractivity contribution < 1.29 is 19.0 Å². The van der Waals surface area contributed by atoms with Crippen LogP contribution in [0.4, 0.5) is 10.1 Å². The maximum absolute atomic E-state index is 13.8. The van der Waals surface area contributed by atoms with Crippen LogP contribution in [0.15, 0.2) is 71.9 Å². The van der Waals surface area contributed by atoms with E-state index in [1.54, 1.807) is 12.1 Å². The summed E-state index contributed by atoms with van der Waals surface area (Å²) in [5.74, 6) is 1.20. The van der Waals surface area contributed by atoms with Crippen LogP contribution in [0.25, 0.3) is 11.3 Å². The van der Waals surface area contributed by atoms with E-state index in [1.807, 2.05) is 36.5 Å². The lowest BCUT2D eigenvalue weighted by molar-refractivity contribution is -0.160. The van der Waals surface area contributed by atoms with Gasteiger partial charge in [0.2, 0.25) is 0 Å². The lowest BCUT2D eigenvalue weighted by Crippen LogP contribution is -2.33. The summed E-state index contributed by atoms with van der Waals surface area (Å²) in [6, 6.07) is 16.4. The molecule has 0 amide bonds. The number of benzene rings is 2. The number of carbonyl (C=O) groups excluding carboxylic acids is 1. The first-order valence-electron chi connectivity index (χ1n) is 13.2. The lowest BCUT2D eigenvalue weighted by atomic mass is 9.94. The molecule has 2 N–H and O–H groups in total. The van der Waals surface area contributed by atoms with Crippen LogP contribution in [-0.4, -0.2) is 38.7 Å². The predicted octanol–water partition coefficient (Wildman–Crippen LogP) is 5.78. The van der Waals surface area contributed by atoms with E-state index >= 15 is 0 Å². The van der Waals surface area contributed by atoms with Gasteiger partial charge >= 0.3 is 5.97 Å². The molecule has 2 aliphatic rings. The van der Waals surface area contributed by atoms with Gasteiger partial charge in [-0.2, -0.15) is 0 Å². The first-order valence-corrected chi connectivity index (χ1v) is 13.2. The van der Waals surface area contributed by atoms with Crippen LogP contribution in [0.3, 0.4) is 0 Å². The van der Waals surface area contributed by atoms with Crippen LogP contribution in [0.5, 0.6) is 0 Å². The fraction of sp³-hybridized carbons (Fsp3) is 0.367. The molecule has 198 valence electrons. The van der Waals surface area contributed by atoms with E-state index in [-0.39, 0.29) is 36.1 Å². The minimum atomic E-state index is -0.674. The average molecular weight is 517 g/mol. The van der Waals surface area contributed by atoms with Crippen LogP contribution < -0.4 is 5.32 Å². The number of aliphatic imine (C=N–C) groups is 1. The van der Waals surface area contributed by atoms with Crippen molar-refractivity contribution in [2.45, 2.75) is 70.1 Å². The van der Waals surface area contributed by atoms with Gasteiger partial charge in [-0.1, -0.05) is 38.1 Å². The summed E-state index contributed by atoms with van der Waals surface area (Å²) in [6.45, 7) is 4.77. The Morgan fingerprint density at radius 1 is 1.13 bits per heavy atom. The maximum atomic E-state index is 13.8. The SMILES string of the molecule is CC(C)c1nc(-c2ccc(F)cc2)c(C2C=CN=C(Nc3ccccc3)C2)n1CC[C@@H]1C[C@@H](O)CC(=O)O1. The second kappa shape index (κ2) is 11.3. The Morgan fingerprint density at radius 2 is 1.89 bits per heavy atom. The van der Waals surface area contributed by atoms with E-state index in [0.29, 0.717) is 25.8 Å². The summed E-state index contributed by atoms with van der Waals surface area (Å²) in [5, 5.41) is 13.5. The van der Waals surface area contributed by atoms with Crippen molar-refractivity contribution >= 4 is 17.5 Å². The summed E-state index contributed by atoms with van der Waals surface area (Å²) in [6.07, 6.45) is 4.54. The molecule has 8 heteroatoms. The number of imidazole rings is 1. The summed E-state index contributed by atoms with van der Waals surface area (Å²) >= 11 is 0. The number of rotatable bonds is 7. The molecule has 1 unspecified atom stereocenters. The molecule has 3 atom stereocenters. The van der Waals surface area contributed by atoms with Crippen molar-refractivity contribution in [1.82, 2.24) is 9.55 Å². The molecule has 3 heterocycles. The second-order valence-corrected chi connectivity index (χ2v) is 10.2. The monoisotopic (exact) mass is 516 g/mol. The first kappa shape index (κ1) is 25.9. The Morgan fingerprint density at radius 3 is 2.61 bits per heavy atom. The normalized spacial score (nSPS) is 21.3. The highest BCUT2D eigenvalue weighted by Crippen LogP contribution is 2.37. The molecular weight excluding hydrogens is 483 g/mol. The number of nitrogens with zero attached hydrogens (tertiary/aromatic N) is 3. The number of halogens is 1. The molecule has 38 heavy (non-hydrogen) atoms. The number of allylic oxidation sites excluding steroid dienone is 1. The Hall–Kier alpha value is -3.78. The molecule has 0 radical (unpaired) electrons. The minimum absolute atomic E-state index is 0.0294. The lowest BCUT2D eigenvalue weighted by Gasteiger charge is -2.27. The molecule has 7 nitrogen and oxygen atoms in total. The van der Waals surface area contributed by atoms with E-state index in [1.165, 1.54) is 12.1 Å². The fourth-order valence-electron chi connectivity index (χ4n) is 5.19. The van der Waals surface area contributed by atoms with Gasteiger partial charge in [0.1, 0.15) is 23.6 Å². The van der Waals surface area contributed by atoms with Gasteiger partial charge in [0.15, 0.2) is 0 Å². The molecular formula is C30H33FN4O3. The number of aliphatic hydroxyl groups is 1. The molecule has 2 aromatic carbocycles. The van der Waals surface area contributed by atoms with Crippen molar-refractivity contribution in [3.05, 3.63) is 84.2 Å². The molecule has 0 bridgehead atoms. The molecule has 0 spiro atoms. The molecule has 2 aliphatic heterocycles. The Bertz CT molecular complexity index is 1330. The second-order valence-electron chi connectivity index (χ2n) is 10.2. The van der Waals surface area contributed by atoms with Crippen molar-refractivity contribution in [2.24, 2.45) is 4.99 Å². The van der Waals surface area contributed by atoms with Gasteiger partial charge < -0.3 is 19.7 Å². The first-order chi connectivity index (χ1) is 18.4. The highest BCUT2D eigenvalue weighted by Gasteiger charge is 2.30. The highest BCUT2D eigenvalue weighted by atomic mass is 19.1. The number of carbonyl (C=O) groups is 1. The zero-order valence-corrected chi connectivity index (χ0v) is 21.7. The van der Waals surface area contributed by atoms with Gasteiger partial charge in [-0.15, -0.1) is 0 Å². The standard InChI is InChI=1S/C30H33FN4O3/c1-19(2)30-34-28(20-8-10-22(31)11-9-20)29(35(30)15-13-25-17-24(36)18-27(37)38-25)21-12-14-32-26(16-21)33-23-6-4-3-5-7-23/h3-12,14,19,21,24-25,36H,13,15-18H2,1-2H3,(H,32,33)/t21?,24-,25-/m1/s1. The van der Waals surface area contributed by atoms with E-state index in [0.717, 1.165) is 34.3 Å².